The Morgan fingerprint density at radius 1 is 1.26 bits per heavy atom. The molecule has 3 rings (SSSR count). The maximum Gasteiger partial charge on any atom is 0.278 e. The zero-order chi connectivity index (χ0) is 19.9. The average molecular weight is 371 g/mol. The number of aromatic nitrogens is 3. The van der Waals surface area contributed by atoms with Crippen LogP contribution in [0.5, 0.6) is 5.75 Å². The number of benzene rings is 1. The lowest BCUT2D eigenvalue weighted by atomic mass is 9.97. The number of ether oxygens (including phenoxy) is 1. The Morgan fingerprint density at radius 3 is 2.59 bits per heavy atom. The molecule has 5 nitrogen and oxygen atoms in total. The van der Waals surface area contributed by atoms with Gasteiger partial charge >= 0.3 is 0 Å². The van der Waals surface area contributed by atoms with Gasteiger partial charge in [0.05, 0.1) is 7.11 Å². The lowest BCUT2D eigenvalue weighted by molar-refractivity contribution is 0.386. The first-order valence-electron chi connectivity index (χ1n) is 9.23. The van der Waals surface area contributed by atoms with Crippen molar-refractivity contribution in [3.05, 3.63) is 51.2 Å². The molecular weight excluding hydrogens is 345 g/mol. The third kappa shape index (κ3) is 3.13. The molecule has 144 valence electrons. The van der Waals surface area contributed by atoms with Crippen LogP contribution in [0.15, 0.2) is 23.0 Å². The SMILES string of the molecule is CCCC(C)c1cc(C)n2nc(-c3cc(F)c(OC)cc3C)n(C)c(=O)c12. The van der Waals surface area contributed by atoms with Crippen LogP contribution in [0.1, 0.15) is 49.4 Å². The second kappa shape index (κ2) is 7.18. The van der Waals surface area contributed by atoms with Gasteiger partial charge in [-0.25, -0.2) is 8.91 Å². The number of fused-ring (bicyclic) bond motifs is 1. The molecule has 0 aliphatic heterocycles. The van der Waals surface area contributed by atoms with Gasteiger partial charge in [-0.05, 0) is 55.5 Å². The summed E-state index contributed by atoms with van der Waals surface area (Å²) in [5, 5.41) is 4.70. The van der Waals surface area contributed by atoms with Crippen molar-refractivity contribution in [3.8, 4) is 17.1 Å². The molecule has 1 unspecified atom stereocenters. The van der Waals surface area contributed by atoms with E-state index in [1.165, 1.54) is 17.7 Å². The monoisotopic (exact) mass is 371 g/mol. The van der Waals surface area contributed by atoms with E-state index in [0.29, 0.717) is 16.9 Å². The number of halogens is 1. The summed E-state index contributed by atoms with van der Waals surface area (Å²) in [7, 11) is 3.11. The smallest absolute Gasteiger partial charge is 0.278 e. The number of nitrogens with zero attached hydrogens (tertiary/aromatic N) is 3. The topological polar surface area (TPSA) is 48.5 Å². The largest absolute Gasteiger partial charge is 0.494 e. The van der Waals surface area contributed by atoms with E-state index >= 15 is 0 Å². The molecule has 27 heavy (non-hydrogen) atoms. The fourth-order valence-corrected chi connectivity index (χ4v) is 3.66. The van der Waals surface area contributed by atoms with Gasteiger partial charge in [0.2, 0.25) is 0 Å². The summed E-state index contributed by atoms with van der Waals surface area (Å²) in [5.74, 6) is 0.406. The fourth-order valence-electron chi connectivity index (χ4n) is 3.66. The van der Waals surface area contributed by atoms with Crippen molar-refractivity contribution in [1.82, 2.24) is 14.2 Å². The molecule has 6 heteroatoms. The standard InChI is InChI=1S/C21H26FN3O2/c1-7-8-12(2)15-10-14(4)25-19(15)21(26)24(5)20(23-25)16-11-17(22)18(27-6)9-13(16)3/h9-12H,7-8H2,1-6H3. The molecule has 0 spiro atoms. The van der Waals surface area contributed by atoms with Crippen LogP contribution in [-0.4, -0.2) is 21.3 Å². The highest BCUT2D eigenvalue weighted by Gasteiger charge is 2.21. The highest BCUT2D eigenvalue weighted by molar-refractivity contribution is 5.65. The molecule has 0 amide bonds. The van der Waals surface area contributed by atoms with E-state index in [2.05, 4.69) is 13.8 Å². The molecular formula is C21H26FN3O2. The number of hydrogen-bond donors (Lipinski definition) is 0. The number of rotatable bonds is 5. The van der Waals surface area contributed by atoms with Crippen LogP contribution in [0.2, 0.25) is 0 Å². The minimum atomic E-state index is -0.478. The molecule has 0 aliphatic carbocycles. The van der Waals surface area contributed by atoms with Crippen molar-refractivity contribution in [2.75, 3.05) is 7.11 Å². The molecule has 0 N–H and O–H groups in total. The van der Waals surface area contributed by atoms with Crippen LogP contribution in [-0.2, 0) is 7.05 Å². The van der Waals surface area contributed by atoms with E-state index in [4.69, 9.17) is 9.84 Å². The Hall–Kier alpha value is -2.63. The number of methoxy groups -OCH3 is 1. The fraction of sp³-hybridized carbons (Fsp3) is 0.429. The van der Waals surface area contributed by atoms with Gasteiger partial charge in [0.15, 0.2) is 17.4 Å². The second-order valence-corrected chi connectivity index (χ2v) is 7.18. The molecule has 0 aliphatic rings. The molecule has 1 atom stereocenters. The third-order valence-corrected chi connectivity index (χ3v) is 5.20. The Labute approximate surface area is 158 Å². The minimum Gasteiger partial charge on any atom is -0.494 e. The van der Waals surface area contributed by atoms with Gasteiger partial charge in [0.1, 0.15) is 5.52 Å². The summed E-state index contributed by atoms with van der Waals surface area (Å²) in [6.07, 6.45) is 2.06. The molecule has 0 radical (unpaired) electrons. The summed E-state index contributed by atoms with van der Waals surface area (Å²) in [6.45, 7) is 8.06. The predicted octanol–water partition coefficient (Wildman–Crippen LogP) is 4.37. The van der Waals surface area contributed by atoms with Gasteiger partial charge in [-0.1, -0.05) is 20.3 Å². The molecule has 0 saturated heterocycles. The Morgan fingerprint density at radius 2 is 1.96 bits per heavy atom. The van der Waals surface area contributed by atoms with Crippen LogP contribution < -0.4 is 10.3 Å². The van der Waals surface area contributed by atoms with Crippen molar-refractivity contribution in [2.45, 2.75) is 46.5 Å². The summed E-state index contributed by atoms with van der Waals surface area (Å²) in [5.41, 5.74) is 3.76. The maximum absolute atomic E-state index is 14.3. The lowest BCUT2D eigenvalue weighted by Gasteiger charge is -2.14. The van der Waals surface area contributed by atoms with Crippen molar-refractivity contribution in [2.24, 2.45) is 7.05 Å². The molecule has 2 aromatic heterocycles. The number of hydrogen-bond acceptors (Lipinski definition) is 3. The predicted molar refractivity (Wildman–Crippen MR) is 105 cm³/mol. The maximum atomic E-state index is 14.3. The van der Waals surface area contributed by atoms with Crippen LogP contribution in [0.3, 0.4) is 0 Å². The van der Waals surface area contributed by atoms with Crippen LogP contribution >= 0.6 is 0 Å². The van der Waals surface area contributed by atoms with Crippen LogP contribution in [0.4, 0.5) is 4.39 Å². The van der Waals surface area contributed by atoms with Crippen molar-refractivity contribution < 1.29 is 9.13 Å². The van der Waals surface area contributed by atoms with Gasteiger partial charge in [-0.3, -0.25) is 9.36 Å². The summed E-state index contributed by atoms with van der Waals surface area (Å²) < 4.78 is 22.5. The highest BCUT2D eigenvalue weighted by Crippen LogP contribution is 2.30. The molecule has 1 aromatic carbocycles. The second-order valence-electron chi connectivity index (χ2n) is 7.18. The van der Waals surface area contributed by atoms with Gasteiger partial charge in [0.25, 0.3) is 5.56 Å². The van der Waals surface area contributed by atoms with Gasteiger partial charge in [0, 0.05) is 18.3 Å². The van der Waals surface area contributed by atoms with Gasteiger partial charge < -0.3 is 4.74 Å². The van der Waals surface area contributed by atoms with E-state index in [9.17, 15) is 9.18 Å². The van der Waals surface area contributed by atoms with Gasteiger partial charge in [-0.15, -0.1) is 5.10 Å². The van der Waals surface area contributed by atoms with E-state index < -0.39 is 5.82 Å². The molecule has 3 aromatic rings. The zero-order valence-electron chi connectivity index (χ0n) is 16.8. The quantitative estimate of drug-likeness (QED) is 0.669. The molecule has 0 saturated carbocycles. The third-order valence-electron chi connectivity index (χ3n) is 5.20. The van der Waals surface area contributed by atoms with Crippen molar-refractivity contribution >= 4 is 5.52 Å². The van der Waals surface area contributed by atoms with E-state index in [1.54, 1.807) is 17.6 Å². The normalized spacial score (nSPS) is 12.6. The first kappa shape index (κ1) is 19.1. The Bertz CT molecular complexity index is 1070. The summed E-state index contributed by atoms with van der Waals surface area (Å²) >= 11 is 0. The Kier molecular flexibility index (Phi) is 5.09. The first-order valence-corrected chi connectivity index (χ1v) is 9.23. The highest BCUT2D eigenvalue weighted by atomic mass is 19.1. The Balaban J connectivity index is 2.29. The van der Waals surface area contributed by atoms with E-state index in [0.717, 1.165) is 29.7 Å². The zero-order valence-corrected chi connectivity index (χ0v) is 16.8. The first-order chi connectivity index (χ1) is 12.8. The van der Waals surface area contributed by atoms with Crippen molar-refractivity contribution in [1.29, 1.82) is 0 Å². The van der Waals surface area contributed by atoms with Crippen LogP contribution in [0, 0.1) is 19.7 Å². The van der Waals surface area contributed by atoms with Gasteiger partial charge in [-0.2, -0.15) is 0 Å². The lowest BCUT2D eigenvalue weighted by Crippen LogP contribution is -2.24. The minimum absolute atomic E-state index is 0.123. The average Bonchev–Trinajstić information content (AvgIpc) is 2.97. The molecule has 0 bridgehead atoms. The summed E-state index contributed by atoms with van der Waals surface area (Å²) in [6, 6.07) is 5.04. The van der Waals surface area contributed by atoms with Crippen LogP contribution in [0.25, 0.3) is 16.9 Å². The van der Waals surface area contributed by atoms with E-state index in [-0.39, 0.29) is 17.2 Å². The number of aryl methyl sites for hydroxylation is 2. The molecule has 0 fully saturated rings. The summed E-state index contributed by atoms with van der Waals surface area (Å²) in [4.78, 5) is 13.2. The molecule has 2 heterocycles. The van der Waals surface area contributed by atoms with E-state index in [1.807, 2.05) is 19.9 Å². The van der Waals surface area contributed by atoms with Crippen molar-refractivity contribution in [3.63, 3.8) is 0 Å².